The van der Waals surface area contributed by atoms with E-state index in [4.69, 9.17) is 21.1 Å². The van der Waals surface area contributed by atoms with Crippen LogP contribution < -0.4 is 5.32 Å². The Balaban J connectivity index is 1.88. The molecule has 6 atom stereocenters. The normalized spacial score (nSPS) is 26.2. The molecule has 0 radical (unpaired) electrons. The Hall–Kier alpha value is -1.97. The number of aliphatic hydroxyl groups excluding tert-OH is 3. The lowest BCUT2D eigenvalue weighted by Gasteiger charge is -2.40. The van der Waals surface area contributed by atoms with Gasteiger partial charge in [-0.25, -0.2) is 0 Å². The first-order valence-electron chi connectivity index (χ1n) is 10.9. The maximum absolute atomic E-state index is 10.5. The Morgan fingerprint density at radius 2 is 1.91 bits per heavy atom. The lowest BCUT2D eigenvalue weighted by atomic mass is 9.90. The van der Waals surface area contributed by atoms with Crippen LogP contribution in [0.5, 0.6) is 5.75 Å². The molecular weight excluding hydrogens is 446 g/mol. The number of aromatic hydroxyl groups is 1. The molecule has 3 rings (SSSR count). The largest absolute Gasteiger partial charge is 0.508 e. The Morgan fingerprint density at radius 1 is 1.15 bits per heavy atom. The molecule has 2 aromatic carbocycles. The predicted octanol–water partition coefficient (Wildman–Crippen LogP) is 2.64. The van der Waals surface area contributed by atoms with Crippen LogP contribution in [0.25, 0.3) is 0 Å². The number of aliphatic hydroxyl groups is 3. The van der Waals surface area contributed by atoms with Gasteiger partial charge in [0.25, 0.3) is 0 Å². The lowest BCUT2D eigenvalue weighted by Crippen LogP contribution is -2.54. The van der Waals surface area contributed by atoms with Crippen molar-refractivity contribution in [2.45, 2.75) is 49.5 Å². The summed E-state index contributed by atoms with van der Waals surface area (Å²) in [6.07, 6.45) is -2.95. The number of phenolic OH excluding ortho intramolecular Hbond substituents is 1. The molecule has 33 heavy (non-hydrogen) atoms. The zero-order valence-corrected chi connectivity index (χ0v) is 19.6. The zero-order valence-electron chi connectivity index (χ0n) is 18.8. The van der Waals surface area contributed by atoms with Gasteiger partial charge in [-0.1, -0.05) is 41.9 Å². The molecule has 1 saturated heterocycles. The van der Waals surface area contributed by atoms with E-state index in [9.17, 15) is 20.4 Å². The summed E-state index contributed by atoms with van der Waals surface area (Å²) >= 11 is 6.47. The van der Waals surface area contributed by atoms with E-state index in [0.29, 0.717) is 17.0 Å². The molecule has 5 N–H and O–H groups in total. The fourth-order valence-corrected chi connectivity index (χ4v) is 4.34. The van der Waals surface area contributed by atoms with Gasteiger partial charge < -0.3 is 35.2 Å². The average molecular weight is 478 g/mol. The number of hydrogen-bond acceptors (Lipinski definition) is 7. The van der Waals surface area contributed by atoms with E-state index < -0.39 is 30.7 Å². The molecule has 7 nitrogen and oxygen atoms in total. The second kappa shape index (κ2) is 11.4. The van der Waals surface area contributed by atoms with Crippen molar-refractivity contribution in [2.24, 2.45) is 0 Å². The van der Waals surface area contributed by atoms with Gasteiger partial charge in [0.2, 0.25) is 0 Å². The quantitative estimate of drug-likeness (QED) is 0.353. The monoisotopic (exact) mass is 477 g/mol. The summed E-state index contributed by atoms with van der Waals surface area (Å²) in [4.78, 5) is 0. The van der Waals surface area contributed by atoms with Crippen molar-refractivity contribution in [1.82, 2.24) is 5.32 Å². The molecule has 0 aromatic heterocycles. The maximum atomic E-state index is 10.5. The number of ether oxygens (including phenoxy) is 2. The highest BCUT2D eigenvalue weighted by Crippen LogP contribution is 2.35. The number of phenols is 1. The minimum absolute atomic E-state index is 0.00360. The second-order valence-electron chi connectivity index (χ2n) is 8.29. The van der Waals surface area contributed by atoms with Crippen molar-refractivity contribution in [1.29, 1.82) is 0 Å². The smallest absolute Gasteiger partial charge is 0.186 e. The lowest BCUT2D eigenvalue weighted by molar-refractivity contribution is -0.292. The van der Waals surface area contributed by atoms with Crippen LogP contribution in [0.15, 0.2) is 49.1 Å². The molecule has 0 aliphatic carbocycles. The Bertz CT molecular complexity index is 952. The van der Waals surface area contributed by atoms with Crippen LogP contribution >= 0.6 is 11.6 Å². The van der Waals surface area contributed by atoms with Gasteiger partial charge in [-0.05, 0) is 55.3 Å². The first-order chi connectivity index (χ1) is 15.8. The Morgan fingerprint density at radius 3 is 2.58 bits per heavy atom. The summed E-state index contributed by atoms with van der Waals surface area (Å²) in [5, 5.41) is 44.8. The fraction of sp³-hybridized carbons (Fsp3) is 0.440. The third-order valence-corrected chi connectivity index (χ3v) is 6.44. The van der Waals surface area contributed by atoms with Crippen molar-refractivity contribution >= 4 is 11.6 Å². The second-order valence-corrected chi connectivity index (χ2v) is 8.69. The maximum Gasteiger partial charge on any atom is 0.186 e. The molecule has 2 aromatic rings. The van der Waals surface area contributed by atoms with E-state index >= 15 is 0 Å². The third kappa shape index (κ3) is 5.75. The fourth-order valence-electron chi connectivity index (χ4n) is 4.16. The molecule has 2 unspecified atom stereocenters. The standard InChI is InChI=1S/C25H32ClNO6/c1-4-15(9-10-27-2)18-12-14(5-8-20(18)28)11-17-13-16(6-7-19(17)26)24-22(30)21(29)23(31)25(32-3)33-24/h4-8,12-13,15,21-25,27-31H,1,9-11H2,2-3H3/t15?,21-,22-,23+,24+,25?/m1/s1. The minimum Gasteiger partial charge on any atom is -0.508 e. The van der Waals surface area contributed by atoms with Crippen LogP contribution in [0.2, 0.25) is 5.02 Å². The number of methoxy groups -OCH3 is 1. The first-order valence-corrected chi connectivity index (χ1v) is 11.3. The van der Waals surface area contributed by atoms with Crippen LogP contribution in [0.3, 0.4) is 0 Å². The van der Waals surface area contributed by atoms with Gasteiger partial charge in [0, 0.05) is 23.6 Å². The number of benzene rings is 2. The molecule has 180 valence electrons. The topological polar surface area (TPSA) is 111 Å². The van der Waals surface area contributed by atoms with E-state index in [1.807, 2.05) is 31.3 Å². The molecule has 0 amide bonds. The first kappa shape index (κ1) is 25.6. The minimum atomic E-state index is -1.42. The van der Waals surface area contributed by atoms with E-state index in [0.717, 1.165) is 29.7 Å². The molecule has 0 saturated carbocycles. The van der Waals surface area contributed by atoms with Crippen LogP contribution in [0.1, 0.15) is 40.7 Å². The number of hydrogen-bond donors (Lipinski definition) is 5. The van der Waals surface area contributed by atoms with E-state index in [2.05, 4.69) is 11.9 Å². The highest BCUT2D eigenvalue weighted by molar-refractivity contribution is 6.31. The Kier molecular flexibility index (Phi) is 8.89. The molecule has 0 bridgehead atoms. The number of rotatable bonds is 9. The summed E-state index contributed by atoms with van der Waals surface area (Å²) in [6.45, 7) is 4.70. The molecule has 0 spiro atoms. The number of nitrogens with one attached hydrogen (secondary N) is 1. The third-order valence-electron chi connectivity index (χ3n) is 6.08. The zero-order chi connectivity index (χ0) is 24.1. The van der Waals surface area contributed by atoms with Crippen molar-refractivity contribution in [3.63, 3.8) is 0 Å². The molecule has 8 heteroatoms. The van der Waals surface area contributed by atoms with Crippen LogP contribution in [0.4, 0.5) is 0 Å². The summed E-state index contributed by atoms with van der Waals surface area (Å²) in [7, 11) is 3.24. The van der Waals surface area contributed by atoms with E-state index in [-0.39, 0.29) is 11.7 Å². The van der Waals surface area contributed by atoms with Gasteiger partial charge in [-0.3, -0.25) is 0 Å². The van der Waals surface area contributed by atoms with Crippen molar-refractivity contribution in [3.8, 4) is 5.75 Å². The highest BCUT2D eigenvalue weighted by atomic mass is 35.5. The summed E-state index contributed by atoms with van der Waals surface area (Å²) in [5.41, 5.74) is 3.15. The van der Waals surface area contributed by atoms with Gasteiger partial charge in [-0.15, -0.1) is 6.58 Å². The van der Waals surface area contributed by atoms with Crippen molar-refractivity contribution in [2.75, 3.05) is 20.7 Å². The molecule has 1 fully saturated rings. The number of allylic oxidation sites excluding steroid dienone is 1. The highest BCUT2D eigenvalue weighted by Gasteiger charge is 2.44. The van der Waals surface area contributed by atoms with E-state index in [1.54, 1.807) is 18.2 Å². The SMILES string of the molecule is C=CC(CCNC)c1cc(Cc2cc([C@@H]3OC(OC)[C@@H](O)[C@H](O)[C@H]3O)ccc2Cl)ccc1O. The molecular formula is C25H32ClNO6. The summed E-state index contributed by atoms with van der Waals surface area (Å²) in [5.74, 6) is 0.223. The van der Waals surface area contributed by atoms with Gasteiger partial charge in [0.15, 0.2) is 6.29 Å². The number of halogens is 1. The van der Waals surface area contributed by atoms with Crippen LogP contribution in [-0.4, -0.2) is 65.7 Å². The molecule has 1 aliphatic rings. The van der Waals surface area contributed by atoms with Gasteiger partial charge >= 0.3 is 0 Å². The predicted molar refractivity (Wildman–Crippen MR) is 126 cm³/mol. The van der Waals surface area contributed by atoms with Gasteiger partial charge in [-0.2, -0.15) is 0 Å². The van der Waals surface area contributed by atoms with Crippen LogP contribution in [-0.2, 0) is 15.9 Å². The van der Waals surface area contributed by atoms with Crippen molar-refractivity contribution < 1.29 is 29.9 Å². The Labute approximate surface area is 199 Å². The van der Waals surface area contributed by atoms with E-state index in [1.165, 1.54) is 7.11 Å². The van der Waals surface area contributed by atoms with Gasteiger partial charge in [0.1, 0.15) is 30.2 Å². The summed E-state index contributed by atoms with van der Waals surface area (Å²) < 4.78 is 10.8. The van der Waals surface area contributed by atoms with Crippen LogP contribution in [0, 0.1) is 0 Å². The van der Waals surface area contributed by atoms with Gasteiger partial charge in [0.05, 0.1) is 0 Å². The molecule has 1 aliphatic heterocycles. The average Bonchev–Trinajstić information content (AvgIpc) is 2.81. The molecule has 1 heterocycles. The van der Waals surface area contributed by atoms with Crippen molar-refractivity contribution in [3.05, 3.63) is 76.3 Å². The summed E-state index contributed by atoms with van der Waals surface area (Å²) in [6, 6.07) is 10.7.